The Labute approximate surface area is 346 Å². The molecule has 61 heavy (non-hydrogen) atoms. The number of rotatable bonds is 11. The summed E-state index contributed by atoms with van der Waals surface area (Å²) in [4.78, 5) is 52.8. The Balaban J connectivity index is 0.876. The number of H-pyrrole nitrogens is 1. The summed E-state index contributed by atoms with van der Waals surface area (Å²) in [5.74, 6) is -2.14. The standard InChI is InChI=1S/C42H43F5N10O4/c1-21(2)35(56-19-41(20-56)15-25(16-41)23-7-9-31(29(44)12-23)57-11-10-34(58)52-39(57)60)24-6-8-26(28(43)13-24)27-17-48-36(50-22(27)3)30-14-32(61-55-30)37(59)49-18-33-51-38(54-53-33)40(4,5)42(45,46)47/h6-9,12-14,17,21,25,35H,10-11,15-16,18-20H2,1-5H3,(H,49,59)(H,51,53,54)(H,52,58,60). The van der Waals surface area contributed by atoms with Crippen molar-refractivity contribution in [1.82, 2.24) is 45.8 Å². The number of carbonyl (C=O) groups excluding carboxylic acids is 3. The number of nitrogens with zero attached hydrogens (tertiary/aromatic N) is 7. The number of aromatic amines is 1. The molecule has 5 aromatic rings. The number of alkyl halides is 3. The quantitative estimate of drug-likeness (QED) is 0.115. The van der Waals surface area contributed by atoms with E-state index in [-0.39, 0.29) is 77.5 Å². The zero-order valence-corrected chi connectivity index (χ0v) is 34.0. The highest BCUT2D eigenvalue weighted by molar-refractivity contribution is 6.05. The second kappa shape index (κ2) is 15.4. The summed E-state index contributed by atoms with van der Waals surface area (Å²) in [5.41, 5.74) is 1.09. The van der Waals surface area contributed by atoms with Crippen LogP contribution in [-0.2, 0) is 16.8 Å². The van der Waals surface area contributed by atoms with Crippen molar-refractivity contribution in [2.24, 2.45) is 11.3 Å². The lowest BCUT2D eigenvalue weighted by atomic mass is 9.55. The molecule has 3 aliphatic rings. The fourth-order valence-corrected chi connectivity index (χ4v) is 8.61. The Bertz CT molecular complexity index is 2520. The first kappa shape index (κ1) is 41.6. The molecule has 5 heterocycles. The van der Waals surface area contributed by atoms with E-state index in [9.17, 15) is 27.6 Å². The predicted molar refractivity (Wildman–Crippen MR) is 210 cm³/mol. The summed E-state index contributed by atoms with van der Waals surface area (Å²) in [5, 5.41) is 14.7. The topological polar surface area (TPSA) is 175 Å². The van der Waals surface area contributed by atoms with Gasteiger partial charge in [-0.25, -0.2) is 28.5 Å². The van der Waals surface area contributed by atoms with Gasteiger partial charge >= 0.3 is 12.2 Å². The van der Waals surface area contributed by atoms with Crippen LogP contribution >= 0.6 is 0 Å². The number of benzene rings is 2. The van der Waals surface area contributed by atoms with Gasteiger partial charge in [0.1, 0.15) is 22.9 Å². The number of halogens is 5. The van der Waals surface area contributed by atoms with Crippen molar-refractivity contribution in [1.29, 1.82) is 0 Å². The molecule has 2 aliphatic heterocycles. The molecule has 3 N–H and O–H groups in total. The molecule has 4 amide bonds. The molecular formula is C42H43F5N10O4. The lowest BCUT2D eigenvalue weighted by Crippen LogP contribution is -2.62. The molecule has 14 nitrogen and oxygen atoms in total. The van der Waals surface area contributed by atoms with Gasteiger partial charge in [0.2, 0.25) is 11.7 Å². The van der Waals surface area contributed by atoms with E-state index in [0.29, 0.717) is 16.8 Å². The molecule has 2 saturated heterocycles. The molecule has 3 fully saturated rings. The van der Waals surface area contributed by atoms with E-state index >= 15 is 8.78 Å². The molecule has 2 aromatic carbocycles. The minimum Gasteiger partial charge on any atom is -0.350 e. The molecule has 1 saturated carbocycles. The molecule has 1 atom stereocenters. The Kier molecular flexibility index (Phi) is 10.5. The molecule has 320 valence electrons. The molecule has 1 unspecified atom stereocenters. The number of nitrogens with one attached hydrogen (secondary N) is 3. The van der Waals surface area contributed by atoms with Gasteiger partial charge in [0.25, 0.3) is 5.91 Å². The van der Waals surface area contributed by atoms with Gasteiger partial charge in [0, 0.05) is 61.2 Å². The maximum absolute atomic E-state index is 16.0. The van der Waals surface area contributed by atoms with E-state index in [0.717, 1.165) is 50.9 Å². The first-order chi connectivity index (χ1) is 28.8. The van der Waals surface area contributed by atoms with Crippen LogP contribution in [0.25, 0.3) is 22.6 Å². The zero-order valence-electron chi connectivity index (χ0n) is 34.0. The first-order valence-corrected chi connectivity index (χ1v) is 19.8. The van der Waals surface area contributed by atoms with Crippen LogP contribution in [0.2, 0.25) is 0 Å². The Morgan fingerprint density at radius 3 is 2.43 bits per heavy atom. The van der Waals surface area contributed by atoms with Crippen LogP contribution in [0, 0.1) is 29.9 Å². The summed E-state index contributed by atoms with van der Waals surface area (Å²) in [6.07, 6.45) is -1.18. The monoisotopic (exact) mass is 846 g/mol. The van der Waals surface area contributed by atoms with E-state index < -0.39 is 41.0 Å². The lowest BCUT2D eigenvalue weighted by Gasteiger charge is -2.62. The molecule has 19 heteroatoms. The van der Waals surface area contributed by atoms with Crippen LogP contribution in [0.5, 0.6) is 0 Å². The Morgan fingerprint density at radius 2 is 1.77 bits per heavy atom. The summed E-state index contributed by atoms with van der Waals surface area (Å²) in [6, 6.07) is 10.8. The largest absolute Gasteiger partial charge is 0.401 e. The highest BCUT2D eigenvalue weighted by Crippen LogP contribution is 2.58. The summed E-state index contributed by atoms with van der Waals surface area (Å²) in [7, 11) is 0. The van der Waals surface area contributed by atoms with Gasteiger partial charge in [-0.2, -0.15) is 18.3 Å². The molecular weight excluding hydrogens is 804 g/mol. The second-order valence-corrected chi connectivity index (χ2v) is 17.1. The van der Waals surface area contributed by atoms with Gasteiger partial charge in [-0.15, -0.1) is 0 Å². The lowest BCUT2D eigenvalue weighted by molar-refractivity contribution is -0.182. The predicted octanol–water partition coefficient (Wildman–Crippen LogP) is 7.30. The fraction of sp³-hybridized carbons (Fsp3) is 0.429. The molecule has 1 aliphatic carbocycles. The van der Waals surface area contributed by atoms with Gasteiger partial charge < -0.3 is 9.84 Å². The summed E-state index contributed by atoms with van der Waals surface area (Å²) < 4.78 is 76.4. The van der Waals surface area contributed by atoms with Crippen LogP contribution < -0.4 is 15.5 Å². The van der Waals surface area contributed by atoms with Gasteiger partial charge in [0.15, 0.2) is 17.3 Å². The van der Waals surface area contributed by atoms with Crippen molar-refractivity contribution < 1.29 is 40.9 Å². The third-order valence-corrected chi connectivity index (χ3v) is 12.0. The van der Waals surface area contributed by atoms with Crippen molar-refractivity contribution in [2.75, 3.05) is 24.5 Å². The van der Waals surface area contributed by atoms with Crippen molar-refractivity contribution in [3.05, 3.63) is 94.5 Å². The van der Waals surface area contributed by atoms with Crippen molar-refractivity contribution >= 4 is 23.5 Å². The molecule has 3 aromatic heterocycles. The highest BCUT2D eigenvalue weighted by atomic mass is 19.4. The molecule has 0 radical (unpaired) electrons. The van der Waals surface area contributed by atoms with Gasteiger partial charge in [-0.1, -0.05) is 37.2 Å². The Hall–Kier alpha value is -6.11. The number of hydrogen-bond acceptors (Lipinski definition) is 10. The van der Waals surface area contributed by atoms with E-state index in [1.54, 1.807) is 25.1 Å². The van der Waals surface area contributed by atoms with Crippen LogP contribution in [0.1, 0.15) is 97.9 Å². The highest BCUT2D eigenvalue weighted by Gasteiger charge is 2.54. The van der Waals surface area contributed by atoms with Crippen molar-refractivity contribution in [3.8, 4) is 22.6 Å². The molecule has 8 rings (SSSR count). The first-order valence-electron chi connectivity index (χ1n) is 19.8. The second-order valence-electron chi connectivity index (χ2n) is 17.1. The summed E-state index contributed by atoms with van der Waals surface area (Å²) in [6.45, 7) is 9.39. The number of aromatic nitrogens is 6. The number of urea groups is 1. The average Bonchev–Trinajstić information content (AvgIpc) is 3.86. The summed E-state index contributed by atoms with van der Waals surface area (Å²) >= 11 is 0. The molecule has 1 spiro atoms. The SMILES string of the molecule is Cc1nc(-c2cc(C(=O)NCc3nc(C(C)(C)C(F)(F)F)n[nH]3)on2)ncc1-c1ccc(C(C(C)C)N2CC3(CC(c4ccc(N5CCC(=O)NC5=O)c(F)c4)C3)C2)cc1F. The van der Waals surface area contributed by atoms with Gasteiger partial charge in [0.05, 0.1) is 12.2 Å². The number of hydrogen-bond donors (Lipinski definition) is 3. The number of imide groups is 1. The minimum atomic E-state index is -4.57. The van der Waals surface area contributed by atoms with Crippen LogP contribution in [0.15, 0.2) is 53.2 Å². The van der Waals surface area contributed by atoms with Gasteiger partial charge in [-0.05, 0) is 80.2 Å². The number of aryl methyl sites for hydroxylation is 1. The van der Waals surface area contributed by atoms with E-state index in [1.807, 2.05) is 12.1 Å². The third kappa shape index (κ3) is 7.86. The van der Waals surface area contributed by atoms with Crippen molar-refractivity contribution in [2.45, 2.75) is 84.0 Å². The van der Waals surface area contributed by atoms with E-state index in [4.69, 9.17) is 4.52 Å². The number of amides is 4. The molecule has 0 bridgehead atoms. The van der Waals surface area contributed by atoms with E-state index in [2.05, 4.69) is 59.7 Å². The normalized spacial score (nSPS) is 17.7. The zero-order chi connectivity index (χ0) is 43.6. The van der Waals surface area contributed by atoms with Crippen molar-refractivity contribution in [3.63, 3.8) is 0 Å². The Morgan fingerprint density at radius 1 is 1.02 bits per heavy atom. The minimum absolute atomic E-state index is 0.0140. The smallest absolute Gasteiger partial charge is 0.350 e. The maximum Gasteiger partial charge on any atom is 0.401 e. The van der Waals surface area contributed by atoms with Gasteiger partial charge in [-0.3, -0.25) is 29.8 Å². The van der Waals surface area contributed by atoms with Crippen LogP contribution in [0.3, 0.4) is 0 Å². The fourth-order valence-electron chi connectivity index (χ4n) is 8.61. The number of likely N-dealkylation sites (tertiary alicyclic amines) is 1. The number of anilines is 1. The maximum atomic E-state index is 16.0. The average molecular weight is 847 g/mol. The van der Waals surface area contributed by atoms with Crippen LogP contribution in [-0.4, -0.2) is 78.9 Å². The van der Waals surface area contributed by atoms with Crippen LogP contribution in [0.4, 0.5) is 32.4 Å². The van der Waals surface area contributed by atoms with E-state index in [1.165, 1.54) is 23.2 Å². The third-order valence-electron chi connectivity index (χ3n) is 12.0. The number of carbonyl (C=O) groups is 3.